The predicted molar refractivity (Wildman–Crippen MR) is 78.8 cm³/mol. The molecule has 0 amide bonds. The number of carboxylic acid groups (broad SMARTS) is 1. The fourth-order valence-corrected chi connectivity index (χ4v) is 1.68. The number of benzene rings is 1. The number of ketones is 1. The van der Waals surface area contributed by atoms with Crippen molar-refractivity contribution in [3.05, 3.63) is 35.6 Å². The molecular formula is C16H20O5. The quantitative estimate of drug-likeness (QED) is 0.615. The van der Waals surface area contributed by atoms with Crippen LogP contribution in [0.25, 0.3) is 0 Å². The van der Waals surface area contributed by atoms with Crippen molar-refractivity contribution in [2.45, 2.75) is 40.2 Å². The second-order valence-corrected chi connectivity index (χ2v) is 4.52. The smallest absolute Gasteiger partial charge is 0.344 e. The van der Waals surface area contributed by atoms with Crippen LogP contribution in [0.1, 0.15) is 44.5 Å². The van der Waals surface area contributed by atoms with Gasteiger partial charge < -0.3 is 14.6 Å². The van der Waals surface area contributed by atoms with Gasteiger partial charge in [0.15, 0.2) is 11.9 Å². The minimum Gasteiger partial charge on any atom is -0.479 e. The van der Waals surface area contributed by atoms with Crippen LogP contribution < -0.4 is 9.47 Å². The SMILES string of the molecule is CC=C(CC)Oc1ccc(C(C)=O)c(OC(C)C(=O)O)c1. The molecule has 0 saturated heterocycles. The van der Waals surface area contributed by atoms with Crippen LogP contribution >= 0.6 is 0 Å². The van der Waals surface area contributed by atoms with Crippen molar-refractivity contribution in [3.8, 4) is 11.5 Å². The average Bonchev–Trinajstić information content (AvgIpc) is 2.44. The first kappa shape index (κ1) is 16.8. The Labute approximate surface area is 124 Å². The van der Waals surface area contributed by atoms with E-state index in [0.717, 1.165) is 12.2 Å². The zero-order chi connectivity index (χ0) is 16.0. The van der Waals surface area contributed by atoms with E-state index in [0.29, 0.717) is 11.3 Å². The highest BCUT2D eigenvalue weighted by atomic mass is 16.5. The lowest BCUT2D eigenvalue weighted by molar-refractivity contribution is -0.144. The molecule has 0 spiro atoms. The van der Waals surface area contributed by atoms with Gasteiger partial charge in [-0.2, -0.15) is 0 Å². The summed E-state index contributed by atoms with van der Waals surface area (Å²) in [5.41, 5.74) is 0.328. The summed E-state index contributed by atoms with van der Waals surface area (Å²) in [4.78, 5) is 22.5. The van der Waals surface area contributed by atoms with Crippen LogP contribution in [0.5, 0.6) is 11.5 Å². The number of ether oxygens (including phenoxy) is 2. The molecule has 1 unspecified atom stereocenters. The Morgan fingerprint density at radius 3 is 2.52 bits per heavy atom. The fraction of sp³-hybridized carbons (Fsp3) is 0.375. The minimum absolute atomic E-state index is 0.198. The number of carbonyl (C=O) groups is 2. The van der Waals surface area contributed by atoms with Crippen LogP contribution in [0.3, 0.4) is 0 Å². The molecule has 0 bridgehead atoms. The van der Waals surface area contributed by atoms with Crippen LogP contribution in [0, 0.1) is 0 Å². The van der Waals surface area contributed by atoms with E-state index in [1.54, 1.807) is 12.1 Å². The summed E-state index contributed by atoms with van der Waals surface area (Å²) in [5, 5.41) is 8.91. The van der Waals surface area contributed by atoms with Gasteiger partial charge in [-0.3, -0.25) is 4.79 Å². The van der Waals surface area contributed by atoms with E-state index in [-0.39, 0.29) is 11.5 Å². The van der Waals surface area contributed by atoms with Gasteiger partial charge in [0.05, 0.1) is 11.3 Å². The standard InChI is InChI=1S/C16H20O5/c1-5-12(6-2)21-13-7-8-14(10(3)17)15(9-13)20-11(4)16(18)19/h5,7-9,11H,6H2,1-4H3,(H,18,19). The maximum atomic E-state index is 11.6. The van der Waals surface area contributed by atoms with Crippen molar-refractivity contribution in [3.63, 3.8) is 0 Å². The lowest BCUT2D eigenvalue weighted by atomic mass is 10.1. The molecule has 1 rings (SSSR count). The highest BCUT2D eigenvalue weighted by molar-refractivity contribution is 5.97. The zero-order valence-corrected chi connectivity index (χ0v) is 12.7. The van der Waals surface area contributed by atoms with Crippen molar-refractivity contribution >= 4 is 11.8 Å². The van der Waals surface area contributed by atoms with Gasteiger partial charge >= 0.3 is 5.97 Å². The topological polar surface area (TPSA) is 72.8 Å². The molecule has 5 nitrogen and oxygen atoms in total. The van der Waals surface area contributed by atoms with E-state index in [4.69, 9.17) is 14.6 Å². The van der Waals surface area contributed by atoms with Crippen molar-refractivity contribution in [2.24, 2.45) is 0 Å². The van der Waals surface area contributed by atoms with Gasteiger partial charge in [-0.05, 0) is 39.0 Å². The summed E-state index contributed by atoms with van der Waals surface area (Å²) >= 11 is 0. The molecule has 0 aromatic heterocycles. The molecule has 114 valence electrons. The largest absolute Gasteiger partial charge is 0.479 e. The number of allylic oxidation sites excluding steroid dienone is 2. The second kappa shape index (κ2) is 7.47. The summed E-state index contributed by atoms with van der Waals surface area (Å²) in [6.07, 6.45) is 1.53. The van der Waals surface area contributed by atoms with Crippen LogP contribution in [0.15, 0.2) is 30.0 Å². The van der Waals surface area contributed by atoms with Crippen molar-refractivity contribution in [1.82, 2.24) is 0 Å². The van der Waals surface area contributed by atoms with Gasteiger partial charge in [0, 0.05) is 12.5 Å². The highest BCUT2D eigenvalue weighted by Gasteiger charge is 2.17. The molecule has 0 aliphatic carbocycles. The number of carbonyl (C=O) groups excluding carboxylic acids is 1. The zero-order valence-electron chi connectivity index (χ0n) is 12.7. The number of rotatable bonds is 7. The first-order valence-corrected chi connectivity index (χ1v) is 6.76. The van der Waals surface area contributed by atoms with Gasteiger partial charge in [-0.25, -0.2) is 4.79 Å². The maximum Gasteiger partial charge on any atom is 0.344 e. The molecule has 1 aromatic carbocycles. The molecule has 0 radical (unpaired) electrons. The van der Waals surface area contributed by atoms with Gasteiger partial charge in [0.1, 0.15) is 11.5 Å². The Morgan fingerprint density at radius 1 is 1.38 bits per heavy atom. The molecule has 1 atom stereocenters. The van der Waals surface area contributed by atoms with E-state index < -0.39 is 12.1 Å². The summed E-state index contributed by atoms with van der Waals surface area (Å²) in [7, 11) is 0. The molecule has 1 aromatic rings. The molecular weight excluding hydrogens is 272 g/mol. The number of carboxylic acids is 1. The lowest BCUT2D eigenvalue weighted by Crippen LogP contribution is -2.23. The van der Waals surface area contributed by atoms with Crippen LogP contribution in [-0.4, -0.2) is 23.0 Å². The molecule has 21 heavy (non-hydrogen) atoms. The molecule has 0 aliphatic heterocycles. The third-order valence-corrected chi connectivity index (χ3v) is 2.90. The number of hydrogen-bond donors (Lipinski definition) is 1. The van der Waals surface area contributed by atoms with Crippen LogP contribution in [0.2, 0.25) is 0 Å². The molecule has 0 saturated carbocycles. The third kappa shape index (κ3) is 4.63. The molecule has 0 fully saturated rings. The van der Waals surface area contributed by atoms with Crippen molar-refractivity contribution < 1.29 is 24.2 Å². The van der Waals surface area contributed by atoms with E-state index in [2.05, 4.69) is 0 Å². The first-order valence-electron chi connectivity index (χ1n) is 6.76. The third-order valence-electron chi connectivity index (χ3n) is 2.90. The normalized spacial score (nSPS) is 12.7. The average molecular weight is 292 g/mol. The van der Waals surface area contributed by atoms with E-state index >= 15 is 0 Å². The number of hydrogen-bond acceptors (Lipinski definition) is 4. The Morgan fingerprint density at radius 2 is 2.05 bits per heavy atom. The fourth-order valence-electron chi connectivity index (χ4n) is 1.68. The Balaban J connectivity index is 3.11. The van der Waals surface area contributed by atoms with Crippen molar-refractivity contribution in [1.29, 1.82) is 0 Å². The van der Waals surface area contributed by atoms with Crippen LogP contribution in [0.4, 0.5) is 0 Å². The molecule has 1 N–H and O–H groups in total. The van der Waals surface area contributed by atoms with Gasteiger partial charge in [0.2, 0.25) is 0 Å². The summed E-state index contributed by atoms with van der Waals surface area (Å²) in [6.45, 7) is 6.64. The van der Waals surface area contributed by atoms with Gasteiger partial charge in [-0.1, -0.05) is 6.92 Å². The molecule has 0 aliphatic rings. The Kier molecular flexibility index (Phi) is 5.96. The predicted octanol–water partition coefficient (Wildman–Crippen LogP) is 3.43. The monoisotopic (exact) mass is 292 g/mol. The molecule has 5 heteroatoms. The second-order valence-electron chi connectivity index (χ2n) is 4.52. The number of Topliss-reactive ketones (excluding diaryl/α,β-unsaturated/α-hetero) is 1. The van der Waals surface area contributed by atoms with Gasteiger partial charge in [0.25, 0.3) is 0 Å². The maximum absolute atomic E-state index is 11.6. The summed E-state index contributed by atoms with van der Waals surface area (Å²) < 4.78 is 11.0. The number of aliphatic carboxylic acids is 1. The molecule has 0 heterocycles. The van der Waals surface area contributed by atoms with E-state index in [1.807, 2.05) is 19.9 Å². The Hall–Kier alpha value is -2.30. The lowest BCUT2D eigenvalue weighted by Gasteiger charge is -2.15. The summed E-state index contributed by atoms with van der Waals surface area (Å²) in [6, 6.07) is 4.77. The van der Waals surface area contributed by atoms with Crippen molar-refractivity contribution in [2.75, 3.05) is 0 Å². The van der Waals surface area contributed by atoms with E-state index in [1.165, 1.54) is 19.9 Å². The summed E-state index contributed by atoms with van der Waals surface area (Å²) in [5.74, 6) is 0.196. The highest BCUT2D eigenvalue weighted by Crippen LogP contribution is 2.28. The van der Waals surface area contributed by atoms with Crippen LogP contribution in [-0.2, 0) is 4.79 Å². The van der Waals surface area contributed by atoms with Gasteiger partial charge in [-0.15, -0.1) is 0 Å². The Bertz CT molecular complexity index is 560. The minimum atomic E-state index is -1.10. The van der Waals surface area contributed by atoms with E-state index in [9.17, 15) is 9.59 Å². The first-order chi connectivity index (χ1) is 9.88.